The fourth-order valence-electron chi connectivity index (χ4n) is 0.690. The number of alkyl halides is 1. The normalized spacial score (nSPS) is 13.1. The second kappa shape index (κ2) is 5.99. The van der Waals surface area contributed by atoms with Crippen LogP contribution in [0, 0.1) is 0 Å². The molecule has 1 atom stereocenters. The number of unbranched alkanes of at least 4 members (excludes halogenated alkanes) is 1. The molecule has 0 aliphatic rings. The molecule has 0 heterocycles. The molecule has 60 valence electrons. The zero-order valence-electron chi connectivity index (χ0n) is 6.07. The van der Waals surface area contributed by atoms with Gasteiger partial charge < -0.3 is 0 Å². The molecule has 0 fully saturated rings. The molecule has 0 amide bonds. The first-order chi connectivity index (χ1) is 4.63. The van der Waals surface area contributed by atoms with Gasteiger partial charge in [0.25, 0.3) is 0 Å². The third kappa shape index (κ3) is 8.25. The Hall–Kier alpha value is 0.250. The van der Waals surface area contributed by atoms with Crippen LogP contribution in [0.15, 0.2) is 0 Å². The maximum atomic E-state index is 10.2. The Morgan fingerprint density at radius 1 is 1.50 bits per heavy atom. The van der Waals surface area contributed by atoms with Crippen LogP contribution in [0.2, 0.25) is 0 Å². The van der Waals surface area contributed by atoms with E-state index in [0.29, 0.717) is 6.42 Å². The van der Waals surface area contributed by atoms with E-state index >= 15 is 0 Å². The summed E-state index contributed by atoms with van der Waals surface area (Å²) in [5.41, 5.74) is 0. The van der Waals surface area contributed by atoms with E-state index in [0.717, 1.165) is 19.3 Å². The molecule has 0 aromatic rings. The molecule has 0 aliphatic carbocycles. The first-order valence-corrected chi connectivity index (χ1v) is 4.26. The van der Waals surface area contributed by atoms with Gasteiger partial charge in [-0.2, -0.15) is 0 Å². The van der Waals surface area contributed by atoms with Crippen LogP contribution in [-0.2, 0) is 4.79 Å². The number of halogens is 2. The van der Waals surface area contributed by atoms with E-state index in [2.05, 4.69) is 0 Å². The van der Waals surface area contributed by atoms with Gasteiger partial charge in [-0.1, -0.05) is 6.42 Å². The van der Waals surface area contributed by atoms with Gasteiger partial charge in [0.2, 0.25) is 5.24 Å². The van der Waals surface area contributed by atoms with Gasteiger partial charge in [-0.3, -0.25) is 4.79 Å². The highest BCUT2D eigenvalue weighted by Crippen LogP contribution is 2.08. The van der Waals surface area contributed by atoms with Gasteiger partial charge in [0, 0.05) is 11.8 Å². The molecule has 0 rings (SSSR count). The van der Waals surface area contributed by atoms with Crippen LogP contribution in [0.3, 0.4) is 0 Å². The second-order valence-corrected chi connectivity index (χ2v) is 3.55. The Morgan fingerprint density at radius 2 is 2.10 bits per heavy atom. The zero-order chi connectivity index (χ0) is 7.98. The minimum atomic E-state index is -0.248. The summed E-state index contributed by atoms with van der Waals surface area (Å²) in [6.07, 6.45) is 3.29. The van der Waals surface area contributed by atoms with Crippen LogP contribution in [0.25, 0.3) is 0 Å². The minimum Gasteiger partial charge on any atom is -0.281 e. The van der Waals surface area contributed by atoms with Crippen LogP contribution < -0.4 is 0 Å². The maximum absolute atomic E-state index is 10.2. The first-order valence-electron chi connectivity index (χ1n) is 3.45. The summed E-state index contributed by atoms with van der Waals surface area (Å²) < 4.78 is 0. The highest BCUT2D eigenvalue weighted by atomic mass is 35.5. The minimum absolute atomic E-state index is 0.213. The number of carbonyl (C=O) groups is 1. The van der Waals surface area contributed by atoms with Gasteiger partial charge in [-0.05, 0) is 31.4 Å². The predicted molar refractivity (Wildman–Crippen MR) is 44.6 cm³/mol. The van der Waals surface area contributed by atoms with Crippen molar-refractivity contribution in [2.24, 2.45) is 0 Å². The van der Waals surface area contributed by atoms with Crippen LogP contribution in [0.4, 0.5) is 0 Å². The van der Waals surface area contributed by atoms with Crippen molar-refractivity contribution in [1.82, 2.24) is 0 Å². The standard InChI is InChI=1S/C7H12Cl2O/c1-6(8)4-2-3-5-7(9)10/h6H,2-5H2,1H3. The van der Waals surface area contributed by atoms with Gasteiger partial charge >= 0.3 is 0 Å². The predicted octanol–water partition coefficient (Wildman–Crippen LogP) is 2.94. The monoisotopic (exact) mass is 182 g/mol. The highest BCUT2D eigenvalue weighted by molar-refractivity contribution is 6.63. The van der Waals surface area contributed by atoms with E-state index in [-0.39, 0.29) is 10.6 Å². The molecule has 0 N–H and O–H groups in total. The molecule has 0 spiro atoms. The number of hydrogen-bond donors (Lipinski definition) is 0. The van der Waals surface area contributed by atoms with Crippen molar-refractivity contribution in [2.75, 3.05) is 0 Å². The lowest BCUT2D eigenvalue weighted by Gasteiger charge is -1.99. The summed E-state index contributed by atoms with van der Waals surface area (Å²) in [7, 11) is 0. The van der Waals surface area contributed by atoms with Gasteiger partial charge in [-0.15, -0.1) is 11.6 Å². The summed E-state index contributed by atoms with van der Waals surface area (Å²) in [6.45, 7) is 1.95. The van der Waals surface area contributed by atoms with Crippen molar-refractivity contribution < 1.29 is 4.79 Å². The molecule has 0 aromatic carbocycles. The lowest BCUT2D eigenvalue weighted by atomic mass is 10.2. The van der Waals surface area contributed by atoms with Gasteiger partial charge in [-0.25, -0.2) is 0 Å². The Labute approximate surface area is 71.7 Å². The van der Waals surface area contributed by atoms with Crippen molar-refractivity contribution in [3.05, 3.63) is 0 Å². The molecule has 10 heavy (non-hydrogen) atoms. The average molecular weight is 183 g/mol. The summed E-state index contributed by atoms with van der Waals surface area (Å²) in [4.78, 5) is 10.2. The summed E-state index contributed by atoms with van der Waals surface area (Å²) in [6, 6.07) is 0. The smallest absolute Gasteiger partial charge is 0.221 e. The number of hydrogen-bond acceptors (Lipinski definition) is 1. The van der Waals surface area contributed by atoms with Crippen molar-refractivity contribution in [3.8, 4) is 0 Å². The maximum Gasteiger partial charge on any atom is 0.221 e. The van der Waals surface area contributed by atoms with Crippen LogP contribution in [0.5, 0.6) is 0 Å². The molecule has 1 nitrogen and oxygen atoms in total. The lowest BCUT2D eigenvalue weighted by Crippen LogP contribution is -1.92. The van der Waals surface area contributed by atoms with Crippen molar-refractivity contribution >= 4 is 28.4 Å². The van der Waals surface area contributed by atoms with E-state index in [1.165, 1.54) is 0 Å². The SMILES string of the molecule is CC(Cl)CCCCC(=O)Cl. The van der Waals surface area contributed by atoms with Crippen molar-refractivity contribution in [3.63, 3.8) is 0 Å². The fraction of sp³-hybridized carbons (Fsp3) is 0.857. The van der Waals surface area contributed by atoms with E-state index in [9.17, 15) is 4.79 Å². The molecule has 0 aromatic heterocycles. The van der Waals surface area contributed by atoms with Crippen molar-refractivity contribution in [1.29, 1.82) is 0 Å². The second-order valence-electron chi connectivity index (χ2n) is 2.38. The Bertz CT molecular complexity index is 102. The molecule has 3 heteroatoms. The van der Waals surface area contributed by atoms with E-state index in [4.69, 9.17) is 23.2 Å². The molecular formula is C7H12Cl2O. The zero-order valence-corrected chi connectivity index (χ0v) is 7.58. The van der Waals surface area contributed by atoms with E-state index in [1.807, 2.05) is 6.92 Å². The van der Waals surface area contributed by atoms with Crippen LogP contribution in [0.1, 0.15) is 32.6 Å². The summed E-state index contributed by atoms with van der Waals surface area (Å²) >= 11 is 10.8. The first kappa shape index (κ1) is 10.2. The highest BCUT2D eigenvalue weighted by Gasteiger charge is 1.98. The topological polar surface area (TPSA) is 17.1 Å². The molecule has 0 bridgehead atoms. The third-order valence-corrected chi connectivity index (χ3v) is 1.63. The largest absolute Gasteiger partial charge is 0.281 e. The Kier molecular flexibility index (Phi) is 6.14. The summed E-state index contributed by atoms with van der Waals surface area (Å²) in [5, 5.41) is -0.0346. The number of rotatable bonds is 5. The van der Waals surface area contributed by atoms with Crippen LogP contribution in [-0.4, -0.2) is 10.6 Å². The molecule has 0 radical (unpaired) electrons. The third-order valence-electron chi connectivity index (χ3n) is 1.23. The Balaban J connectivity index is 2.98. The van der Waals surface area contributed by atoms with E-state index in [1.54, 1.807) is 0 Å². The van der Waals surface area contributed by atoms with Crippen molar-refractivity contribution in [2.45, 2.75) is 38.0 Å². The van der Waals surface area contributed by atoms with Gasteiger partial charge in [0.05, 0.1) is 0 Å². The quantitative estimate of drug-likeness (QED) is 0.363. The Morgan fingerprint density at radius 3 is 2.50 bits per heavy atom. The molecule has 0 saturated heterocycles. The van der Waals surface area contributed by atoms with Gasteiger partial charge in [0.1, 0.15) is 0 Å². The van der Waals surface area contributed by atoms with Gasteiger partial charge in [0.15, 0.2) is 0 Å². The molecular weight excluding hydrogens is 171 g/mol. The molecule has 0 aliphatic heterocycles. The summed E-state index contributed by atoms with van der Waals surface area (Å²) in [5.74, 6) is 0. The average Bonchev–Trinajstić information content (AvgIpc) is 1.79. The molecule has 0 saturated carbocycles. The fourth-order valence-corrected chi connectivity index (χ4v) is 0.978. The lowest BCUT2D eigenvalue weighted by molar-refractivity contribution is -0.111. The van der Waals surface area contributed by atoms with E-state index < -0.39 is 0 Å². The van der Waals surface area contributed by atoms with Crippen LogP contribution >= 0.6 is 23.2 Å². The molecule has 1 unspecified atom stereocenters. The number of carbonyl (C=O) groups excluding carboxylic acids is 1.